The smallest absolute Gasteiger partial charge is 0.285 e. The molecule has 9 heavy (non-hydrogen) atoms. The highest BCUT2D eigenvalue weighted by molar-refractivity contribution is 6.03. The molecular formula is C4H4NO4. The molecule has 1 N–H and O–H groups in total. The maximum atomic E-state index is 10.3. The summed E-state index contributed by atoms with van der Waals surface area (Å²) in [6.45, 7) is 0. The first-order valence-corrected chi connectivity index (χ1v) is 2.35. The van der Waals surface area contributed by atoms with Gasteiger partial charge in [0.1, 0.15) is 6.10 Å². The second kappa shape index (κ2) is 1.78. The molecule has 1 atom stereocenters. The van der Waals surface area contributed by atoms with E-state index in [9.17, 15) is 14.8 Å². The third-order valence-corrected chi connectivity index (χ3v) is 1.08. The van der Waals surface area contributed by atoms with Gasteiger partial charge >= 0.3 is 0 Å². The van der Waals surface area contributed by atoms with Crippen molar-refractivity contribution < 1.29 is 19.9 Å². The standard InChI is InChI=1S/C4H4NO4/c6-2-1-3(7)5(9)4(2)8/h2,6H,1H2. The number of hydrogen-bond acceptors (Lipinski definition) is 3. The molecule has 1 aliphatic rings. The van der Waals surface area contributed by atoms with Gasteiger partial charge in [0.25, 0.3) is 11.8 Å². The number of imide groups is 1. The van der Waals surface area contributed by atoms with Gasteiger partial charge < -0.3 is 5.11 Å². The molecule has 1 rings (SSSR count). The van der Waals surface area contributed by atoms with Crippen molar-refractivity contribution in [3.8, 4) is 0 Å². The number of aliphatic hydroxyl groups is 1. The molecule has 0 aromatic carbocycles. The van der Waals surface area contributed by atoms with Crippen LogP contribution in [0.1, 0.15) is 6.42 Å². The maximum Gasteiger partial charge on any atom is 0.285 e. The van der Waals surface area contributed by atoms with Crippen molar-refractivity contribution in [1.29, 1.82) is 0 Å². The van der Waals surface area contributed by atoms with E-state index in [1.54, 1.807) is 0 Å². The van der Waals surface area contributed by atoms with Crippen LogP contribution in [0.25, 0.3) is 0 Å². The van der Waals surface area contributed by atoms with E-state index < -0.39 is 17.9 Å². The van der Waals surface area contributed by atoms with E-state index in [1.807, 2.05) is 0 Å². The van der Waals surface area contributed by atoms with E-state index in [1.165, 1.54) is 0 Å². The molecule has 49 valence electrons. The maximum absolute atomic E-state index is 10.3. The summed E-state index contributed by atoms with van der Waals surface area (Å²) < 4.78 is 0. The van der Waals surface area contributed by atoms with Crippen molar-refractivity contribution in [2.24, 2.45) is 0 Å². The molecule has 5 nitrogen and oxygen atoms in total. The van der Waals surface area contributed by atoms with Crippen LogP contribution in [0.2, 0.25) is 0 Å². The Kier molecular flexibility index (Phi) is 1.22. The number of hydroxylamine groups is 2. The van der Waals surface area contributed by atoms with Crippen LogP contribution in [-0.2, 0) is 14.8 Å². The second-order valence-corrected chi connectivity index (χ2v) is 1.75. The topological polar surface area (TPSA) is 77.5 Å². The van der Waals surface area contributed by atoms with Crippen LogP contribution in [0.4, 0.5) is 0 Å². The Morgan fingerprint density at radius 1 is 1.56 bits per heavy atom. The molecule has 0 saturated carbocycles. The number of aliphatic hydroxyl groups excluding tert-OH is 1. The van der Waals surface area contributed by atoms with E-state index in [-0.39, 0.29) is 11.5 Å². The quantitative estimate of drug-likeness (QED) is 0.403. The van der Waals surface area contributed by atoms with Gasteiger partial charge in [-0.25, -0.2) is 0 Å². The number of nitrogens with zero attached hydrogens (tertiary/aromatic N) is 1. The molecule has 0 bridgehead atoms. The minimum atomic E-state index is -1.41. The number of amides is 2. The number of hydrogen-bond donors (Lipinski definition) is 1. The van der Waals surface area contributed by atoms with Gasteiger partial charge in [-0.3, -0.25) is 9.59 Å². The Balaban J connectivity index is 2.77. The fourth-order valence-corrected chi connectivity index (χ4v) is 0.594. The van der Waals surface area contributed by atoms with Gasteiger partial charge in [-0.1, -0.05) is 5.21 Å². The largest absolute Gasteiger partial charge is 0.383 e. The van der Waals surface area contributed by atoms with Crippen LogP contribution in [0.3, 0.4) is 0 Å². The average molecular weight is 130 g/mol. The first-order chi connectivity index (χ1) is 4.13. The Morgan fingerprint density at radius 2 is 2.11 bits per heavy atom. The van der Waals surface area contributed by atoms with Crippen LogP contribution in [0.5, 0.6) is 0 Å². The summed E-state index contributed by atoms with van der Waals surface area (Å²) in [5.41, 5.74) is 0. The van der Waals surface area contributed by atoms with Gasteiger partial charge in [-0.05, 0) is 0 Å². The van der Waals surface area contributed by atoms with Crippen molar-refractivity contribution in [2.45, 2.75) is 12.5 Å². The van der Waals surface area contributed by atoms with Crippen molar-refractivity contribution in [3.63, 3.8) is 0 Å². The highest BCUT2D eigenvalue weighted by Crippen LogP contribution is 2.09. The minimum absolute atomic E-state index is 0.315. The van der Waals surface area contributed by atoms with E-state index >= 15 is 0 Å². The Labute approximate surface area is 50.5 Å². The van der Waals surface area contributed by atoms with Crippen LogP contribution in [0.15, 0.2) is 0 Å². The summed E-state index contributed by atoms with van der Waals surface area (Å²) >= 11 is 0. The average Bonchev–Trinajstić information content (AvgIpc) is 1.98. The molecule has 1 aliphatic heterocycles. The first-order valence-electron chi connectivity index (χ1n) is 2.35. The summed E-state index contributed by atoms with van der Waals surface area (Å²) in [7, 11) is 0. The summed E-state index contributed by atoms with van der Waals surface area (Å²) in [6, 6.07) is 0. The number of carbonyl (C=O) groups is 2. The van der Waals surface area contributed by atoms with Crippen molar-refractivity contribution >= 4 is 11.8 Å². The Hall–Kier alpha value is -0.940. The lowest BCUT2D eigenvalue weighted by Gasteiger charge is -1.96. The lowest BCUT2D eigenvalue weighted by Crippen LogP contribution is -2.26. The predicted octanol–water partition coefficient (Wildman–Crippen LogP) is -1.55. The van der Waals surface area contributed by atoms with Crippen LogP contribution in [0, 0.1) is 0 Å². The first kappa shape index (κ1) is 6.18. The summed E-state index contributed by atoms with van der Waals surface area (Å²) in [5, 5.41) is 18.4. The van der Waals surface area contributed by atoms with Crippen LogP contribution in [-0.4, -0.2) is 28.1 Å². The van der Waals surface area contributed by atoms with E-state index in [0.717, 1.165) is 0 Å². The zero-order valence-electron chi connectivity index (χ0n) is 4.40. The molecule has 1 saturated heterocycles. The van der Waals surface area contributed by atoms with Gasteiger partial charge in [0.2, 0.25) is 0 Å². The summed E-state index contributed by atoms with van der Waals surface area (Å²) in [4.78, 5) is 20.5. The lowest BCUT2D eigenvalue weighted by atomic mass is 10.3. The van der Waals surface area contributed by atoms with Crippen molar-refractivity contribution in [1.82, 2.24) is 5.06 Å². The molecule has 2 amide bonds. The normalized spacial score (nSPS) is 27.8. The molecule has 5 heteroatoms. The third-order valence-electron chi connectivity index (χ3n) is 1.08. The Morgan fingerprint density at radius 3 is 2.22 bits per heavy atom. The zero-order chi connectivity index (χ0) is 7.02. The molecule has 0 spiro atoms. The molecule has 0 aliphatic carbocycles. The van der Waals surface area contributed by atoms with Gasteiger partial charge in [0, 0.05) is 0 Å². The minimum Gasteiger partial charge on any atom is -0.383 e. The van der Waals surface area contributed by atoms with Gasteiger partial charge in [-0.2, -0.15) is 0 Å². The lowest BCUT2D eigenvalue weighted by molar-refractivity contribution is -0.190. The molecule has 1 heterocycles. The van der Waals surface area contributed by atoms with Crippen LogP contribution >= 0.6 is 0 Å². The molecule has 1 fully saturated rings. The number of rotatable bonds is 0. The highest BCUT2D eigenvalue weighted by Gasteiger charge is 2.37. The van der Waals surface area contributed by atoms with E-state index in [2.05, 4.69) is 0 Å². The van der Waals surface area contributed by atoms with Crippen molar-refractivity contribution in [2.75, 3.05) is 0 Å². The zero-order valence-corrected chi connectivity index (χ0v) is 4.40. The highest BCUT2D eigenvalue weighted by atomic mass is 16.5. The summed E-state index contributed by atoms with van der Waals surface area (Å²) in [5.74, 6) is -1.92. The molecule has 0 aromatic heterocycles. The SMILES string of the molecule is [O]N1C(=O)CC(O)C1=O. The van der Waals surface area contributed by atoms with E-state index in [4.69, 9.17) is 5.11 Å². The van der Waals surface area contributed by atoms with E-state index in [0.29, 0.717) is 0 Å². The molecular weight excluding hydrogens is 126 g/mol. The van der Waals surface area contributed by atoms with Gasteiger partial charge in [0.05, 0.1) is 6.42 Å². The predicted molar refractivity (Wildman–Crippen MR) is 23.2 cm³/mol. The molecule has 0 aromatic rings. The number of carbonyl (C=O) groups excluding carboxylic acids is 2. The monoisotopic (exact) mass is 130 g/mol. The molecule has 1 unspecified atom stereocenters. The van der Waals surface area contributed by atoms with Crippen LogP contribution < -0.4 is 0 Å². The summed E-state index contributed by atoms with van der Waals surface area (Å²) in [6.07, 6.45) is -1.78. The fraction of sp³-hybridized carbons (Fsp3) is 0.500. The van der Waals surface area contributed by atoms with Gasteiger partial charge in [0.15, 0.2) is 0 Å². The third kappa shape index (κ3) is 0.797. The Bertz CT molecular complexity index is 166. The van der Waals surface area contributed by atoms with Crippen molar-refractivity contribution in [3.05, 3.63) is 0 Å². The fourth-order valence-electron chi connectivity index (χ4n) is 0.594. The second-order valence-electron chi connectivity index (χ2n) is 1.75. The molecule has 1 radical (unpaired) electrons. The van der Waals surface area contributed by atoms with Gasteiger partial charge in [-0.15, -0.1) is 5.06 Å².